The standard InChI is InChI=1S/C13H16N4O2/c18-13(12-7-14-9-19-12)17-5-1-2-10(8-17)6-11-3-4-15-16-11/h3-4,7,9-10H,1-2,5-6,8H2,(H,15,16). The topological polar surface area (TPSA) is 75.0 Å². The molecule has 6 nitrogen and oxygen atoms in total. The molecule has 1 saturated heterocycles. The summed E-state index contributed by atoms with van der Waals surface area (Å²) in [4.78, 5) is 17.8. The van der Waals surface area contributed by atoms with E-state index in [1.54, 1.807) is 6.20 Å². The minimum absolute atomic E-state index is 0.0631. The van der Waals surface area contributed by atoms with Gasteiger partial charge < -0.3 is 9.32 Å². The molecule has 1 amide bonds. The van der Waals surface area contributed by atoms with Crippen molar-refractivity contribution in [1.29, 1.82) is 0 Å². The maximum Gasteiger partial charge on any atom is 0.291 e. The van der Waals surface area contributed by atoms with Crippen LogP contribution < -0.4 is 0 Å². The first-order valence-corrected chi connectivity index (χ1v) is 6.49. The smallest absolute Gasteiger partial charge is 0.291 e. The molecule has 1 aliphatic rings. The lowest BCUT2D eigenvalue weighted by atomic mass is 9.93. The number of nitrogens with one attached hydrogen (secondary N) is 1. The summed E-state index contributed by atoms with van der Waals surface area (Å²) in [6.45, 7) is 1.55. The maximum absolute atomic E-state index is 12.2. The number of aromatic nitrogens is 3. The number of hydrogen-bond donors (Lipinski definition) is 1. The van der Waals surface area contributed by atoms with Gasteiger partial charge in [0.2, 0.25) is 5.76 Å². The van der Waals surface area contributed by atoms with E-state index in [4.69, 9.17) is 4.42 Å². The van der Waals surface area contributed by atoms with E-state index in [2.05, 4.69) is 15.2 Å². The zero-order valence-corrected chi connectivity index (χ0v) is 10.6. The van der Waals surface area contributed by atoms with E-state index in [1.165, 1.54) is 12.6 Å². The van der Waals surface area contributed by atoms with Crippen LogP contribution in [0.1, 0.15) is 29.1 Å². The summed E-state index contributed by atoms with van der Waals surface area (Å²) in [6, 6.07) is 1.98. The average molecular weight is 260 g/mol. The summed E-state index contributed by atoms with van der Waals surface area (Å²) in [6.07, 6.45) is 7.62. The molecule has 100 valence electrons. The van der Waals surface area contributed by atoms with Gasteiger partial charge in [-0.25, -0.2) is 4.98 Å². The highest BCUT2D eigenvalue weighted by atomic mass is 16.3. The fourth-order valence-electron chi connectivity index (χ4n) is 2.60. The fourth-order valence-corrected chi connectivity index (χ4v) is 2.60. The van der Waals surface area contributed by atoms with Gasteiger partial charge in [-0.3, -0.25) is 9.89 Å². The monoisotopic (exact) mass is 260 g/mol. The number of carbonyl (C=O) groups excluding carboxylic acids is 1. The Morgan fingerprint density at radius 2 is 2.53 bits per heavy atom. The molecular weight excluding hydrogens is 244 g/mol. The van der Waals surface area contributed by atoms with Crippen molar-refractivity contribution in [2.24, 2.45) is 5.92 Å². The molecule has 1 atom stereocenters. The van der Waals surface area contributed by atoms with Gasteiger partial charge in [0.25, 0.3) is 5.91 Å². The molecule has 0 aromatic carbocycles. The van der Waals surface area contributed by atoms with Gasteiger partial charge in [0.15, 0.2) is 6.39 Å². The van der Waals surface area contributed by atoms with Gasteiger partial charge >= 0.3 is 0 Å². The molecule has 1 fully saturated rings. The molecule has 1 N–H and O–H groups in total. The molecule has 2 aromatic rings. The van der Waals surface area contributed by atoms with Crippen molar-refractivity contribution >= 4 is 5.91 Å². The second-order valence-electron chi connectivity index (χ2n) is 4.91. The zero-order chi connectivity index (χ0) is 13.1. The SMILES string of the molecule is O=C(c1cnco1)N1CCCC(Cc2ccn[nH]2)C1. The second kappa shape index (κ2) is 5.26. The van der Waals surface area contributed by atoms with Crippen LogP contribution in [-0.2, 0) is 6.42 Å². The largest absolute Gasteiger partial charge is 0.438 e. The quantitative estimate of drug-likeness (QED) is 0.907. The average Bonchev–Trinajstić information content (AvgIpc) is 3.11. The van der Waals surface area contributed by atoms with Gasteiger partial charge in [0.1, 0.15) is 0 Å². The van der Waals surface area contributed by atoms with Crippen LogP contribution in [0.15, 0.2) is 29.3 Å². The molecule has 0 saturated carbocycles. The molecule has 1 aliphatic heterocycles. The van der Waals surface area contributed by atoms with Crippen LogP contribution in [0.5, 0.6) is 0 Å². The fraction of sp³-hybridized carbons (Fsp3) is 0.462. The lowest BCUT2D eigenvalue weighted by Gasteiger charge is -2.31. The molecule has 3 rings (SSSR count). The minimum Gasteiger partial charge on any atom is -0.438 e. The number of aromatic amines is 1. The summed E-state index contributed by atoms with van der Waals surface area (Å²) >= 11 is 0. The molecule has 0 aliphatic carbocycles. The Balaban J connectivity index is 1.63. The number of hydrogen-bond acceptors (Lipinski definition) is 4. The Bertz CT molecular complexity index is 521. The molecule has 1 unspecified atom stereocenters. The Labute approximate surface area is 110 Å². The summed E-state index contributed by atoms with van der Waals surface area (Å²) in [7, 11) is 0. The van der Waals surface area contributed by atoms with Crippen LogP contribution >= 0.6 is 0 Å². The predicted molar refractivity (Wildman–Crippen MR) is 67.4 cm³/mol. The number of likely N-dealkylation sites (tertiary alicyclic amines) is 1. The van der Waals surface area contributed by atoms with Gasteiger partial charge in [-0.2, -0.15) is 5.10 Å². The van der Waals surface area contributed by atoms with Crippen molar-refractivity contribution < 1.29 is 9.21 Å². The van der Waals surface area contributed by atoms with Crippen molar-refractivity contribution in [1.82, 2.24) is 20.1 Å². The molecule has 0 radical (unpaired) electrons. The Hall–Kier alpha value is -2.11. The molecule has 0 bridgehead atoms. The number of rotatable bonds is 3. The highest BCUT2D eigenvalue weighted by Gasteiger charge is 2.26. The predicted octanol–water partition coefficient (Wildman–Crippen LogP) is 1.49. The van der Waals surface area contributed by atoms with Crippen LogP contribution in [-0.4, -0.2) is 39.1 Å². The van der Waals surface area contributed by atoms with Gasteiger partial charge in [-0.15, -0.1) is 0 Å². The molecular formula is C13H16N4O2. The van der Waals surface area contributed by atoms with Gasteiger partial charge in [0.05, 0.1) is 6.20 Å². The van der Waals surface area contributed by atoms with E-state index in [1.807, 2.05) is 11.0 Å². The van der Waals surface area contributed by atoms with E-state index in [-0.39, 0.29) is 5.91 Å². The first-order chi connectivity index (χ1) is 9.33. The molecule has 6 heteroatoms. The normalized spacial score (nSPS) is 19.6. The van der Waals surface area contributed by atoms with E-state index < -0.39 is 0 Å². The number of nitrogens with zero attached hydrogens (tertiary/aromatic N) is 3. The third-order valence-electron chi connectivity index (χ3n) is 3.52. The van der Waals surface area contributed by atoms with Gasteiger partial charge in [-0.1, -0.05) is 0 Å². The van der Waals surface area contributed by atoms with Crippen LogP contribution in [0.4, 0.5) is 0 Å². The molecule has 3 heterocycles. The lowest BCUT2D eigenvalue weighted by molar-refractivity contribution is 0.0640. The van der Waals surface area contributed by atoms with Crippen molar-refractivity contribution in [3.05, 3.63) is 36.3 Å². The van der Waals surface area contributed by atoms with E-state index in [9.17, 15) is 4.79 Å². The number of H-pyrrole nitrogens is 1. The highest BCUT2D eigenvalue weighted by molar-refractivity contribution is 5.91. The first-order valence-electron chi connectivity index (χ1n) is 6.49. The number of amides is 1. The van der Waals surface area contributed by atoms with Crippen molar-refractivity contribution in [2.75, 3.05) is 13.1 Å². The molecule has 0 spiro atoms. The van der Waals surface area contributed by atoms with E-state index in [0.717, 1.165) is 38.0 Å². The van der Waals surface area contributed by atoms with Crippen molar-refractivity contribution in [3.63, 3.8) is 0 Å². The van der Waals surface area contributed by atoms with Gasteiger partial charge in [0, 0.05) is 25.0 Å². The lowest BCUT2D eigenvalue weighted by Crippen LogP contribution is -2.40. The van der Waals surface area contributed by atoms with E-state index in [0.29, 0.717) is 11.7 Å². The third-order valence-corrected chi connectivity index (χ3v) is 3.52. The number of oxazole rings is 1. The van der Waals surface area contributed by atoms with Crippen molar-refractivity contribution in [2.45, 2.75) is 19.3 Å². The first kappa shape index (κ1) is 12.0. The summed E-state index contributed by atoms with van der Waals surface area (Å²) in [5.74, 6) is 0.732. The zero-order valence-electron chi connectivity index (χ0n) is 10.6. The molecule has 19 heavy (non-hydrogen) atoms. The maximum atomic E-state index is 12.2. The minimum atomic E-state index is -0.0631. The Morgan fingerprint density at radius 3 is 3.26 bits per heavy atom. The molecule has 2 aromatic heterocycles. The number of carbonyl (C=O) groups is 1. The Kier molecular flexibility index (Phi) is 3.31. The third kappa shape index (κ3) is 2.67. The highest BCUT2D eigenvalue weighted by Crippen LogP contribution is 2.21. The van der Waals surface area contributed by atoms with Crippen LogP contribution in [0.2, 0.25) is 0 Å². The summed E-state index contributed by atoms with van der Waals surface area (Å²) < 4.78 is 5.07. The number of piperidine rings is 1. The van der Waals surface area contributed by atoms with Crippen LogP contribution in [0.3, 0.4) is 0 Å². The Morgan fingerprint density at radius 1 is 1.58 bits per heavy atom. The summed E-state index contributed by atoms with van der Waals surface area (Å²) in [5, 5.41) is 6.93. The van der Waals surface area contributed by atoms with Crippen molar-refractivity contribution in [3.8, 4) is 0 Å². The van der Waals surface area contributed by atoms with Crippen LogP contribution in [0, 0.1) is 5.92 Å². The van der Waals surface area contributed by atoms with E-state index >= 15 is 0 Å². The van der Waals surface area contributed by atoms with Gasteiger partial charge in [-0.05, 0) is 31.2 Å². The van der Waals surface area contributed by atoms with Crippen LogP contribution in [0.25, 0.3) is 0 Å². The summed E-state index contributed by atoms with van der Waals surface area (Å²) in [5.41, 5.74) is 1.12. The second-order valence-corrected chi connectivity index (χ2v) is 4.91.